The summed E-state index contributed by atoms with van der Waals surface area (Å²) in [5.41, 5.74) is 0. The summed E-state index contributed by atoms with van der Waals surface area (Å²) in [6, 6.07) is 6.60. The molecule has 0 saturated carbocycles. The summed E-state index contributed by atoms with van der Waals surface area (Å²) in [5.74, 6) is -0.253. The summed E-state index contributed by atoms with van der Waals surface area (Å²) in [6.45, 7) is 4.01. The molecule has 0 aliphatic rings. The van der Waals surface area contributed by atoms with Gasteiger partial charge in [0.05, 0.1) is 18.4 Å². The van der Waals surface area contributed by atoms with Gasteiger partial charge in [-0.3, -0.25) is 4.79 Å². The first-order valence-corrected chi connectivity index (χ1v) is 8.58. The third-order valence-electron chi connectivity index (χ3n) is 2.49. The number of rotatable bonds is 7. The van der Waals surface area contributed by atoms with Crippen LogP contribution in [0.5, 0.6) is 0 Å². The summed E-state index contributed by atoms with van der Waals surface area (Å²) < 4.78 is 30.6. The number of nitrogens with one attached hydrogen (secondary N) is 1. The molecule has 0 aliphatic carbocycles. The van der Waals surface area contributed by atoms with Gasteiger partial charge in [0.15, 0.2) is 0 Å². The van der Waals surface area contributed by atoms with Gasteiger partial charge in [-0.1, -0.05) is 13.8 Å². The molecule has 0 aliphatic heterocycles. The molecule has 0 heterocycles. The molecule has 112 valence electrons. The molecule has 7 heteroatoms. The Morgan fingerprint density at radius 3 is 2.45 bits per heavy atom. The van der Waals surface area contributed by atoms with E-state index in [9.17, 15) is 13.2 Å². The van der Waals surface area contributed by atoms with E-state index in [1.807, 2.05) is 6.92 Å². The van der Waals surface area contributed by atoms with Gasteiger partial charge in [0.25, 0.3) is 0 Å². The summed E-state index contributed by atoms with van der Waals surface area (Å²) in [5, 5.41) is 0.0682. The normalized spacial score (nSPS) is 12.9. The molecule has 5 nitrogen and oxygen atoms in total. The van der Waals surface area contributed by atoms with Gasteiger partial charge in [0.2, 0.25) is 10.0 Å². The molecular weight excluding hydrogens is 298 g/mol. The lowest BCUT2D eigenvalue weighted by Gasteiger charge is -2.10. The minimum absolute atomic E-state index is 0.0682. The third kappa shape index (κ3) is 5.15. The van der Waals surface area contributed by atoms with Crippen LogP contribution in [0, 0.1) is 0 Å². The first-order chi connectivity index (χ1) is 9.39. The van der Waals surface area contributed by atoms with Gasteiger partial charge in [0.1, 0.15) is 0 Å². The van der Waals surface area contributed by atoms with Gasteiger partial charge >= 0.3 is 5.97 Å². The van der Waals surface area contributed by atoms with Crippen LogP contribution in [0.3, 0.4) is 0 Å². The van der Waals surface area contributed by atoms with Crippen molar-refractivity contribution in [2.45, 2.75) is 35.3 Å². The number of sulfonamides is 1. The van der Waals surface area contributed by atoms with E-state index in [0.29, 0.717) is 13.0 Å². The third-order valence-corrected chi connectivity index (χ3v) is 5.16. The standard InChI is InChI=1S/C13H19NO4S2/c1-4-14-20(16,17)12-7-5-11(6-8-12)19-10(2)9-13(15)18-3/h5-8,10,14H,4,9H2,1-3H3. The number of hydrogen-bond acceptors (Lipinski definition) is 5. The predicted molar refractivity (Wildman–Crippen MR) is 79.3 cm³/mol. The van der Waals surface area contributed by atoms with Gasteiger partial charge in [-0.2, -0.15) is 0 Å². The fourth-order valence-electron chi connectivity index (χ4n) is 1.56. The summed E-state index contributed by atoms with van der Waals surface area (Å²) in [4.78, 5) is 12.3. The number of thioether (sulfide) groups is 1. The van der Waals surface area contributed by atoms with Crippen molar-refractivity contribution in [3.8, 4) is 0 Å². The van der Waals surface area contributed by atoms with Crippen LogP contribution in [-0.2, 0) is 19.6 Å². The maximum Gasteiger partial charge on any atom is 0.306 e. The topological polar surface area (TPSA) is 72.5 Å². The molecule has 1 N–H and O–H groups in total. The maximum atomic E-state index is 11.8. The lowest BCUT2D eigenvalue weighted by molar-refractivity contribution is -0.140. The van der Waals surface area contributed by atoms with Crippen LogP contribution in [0.1, 0.15) is 20.3 Å². The van der Waals surface area contributed by atoms with Crippen LogP contribution in [0.15, 0.2) is 34.1 Å². The molecule has 0 spiro atoms. The van der Waals surface area contributed by atoms with Crippen molar-refractivity contribution < 1.29 is 17.9 Å². The van der Waals surface area contributed by atoms with Crippen molar-refractivity contribution in [1.82, 2.24) is 4.72 Å². The van der Waals surface area contributed by atoms with Crippen LogP contribution < -0.4 is 4.72 Å². The Kier molecular flexibility index (Phi) is 6.51. The number of methoxy groups -OCH3 is 1. The van der Waals surface area contributed by atoms with Crippen molar-refractivity contribution in [2.24, 2.45) is 0 Å². The van der Waals surface area contributed by atoms with Crippen molar-refractivity contribution in [1.29, 1.82) is 0 Å². The van der Waals surface area contributed by atoms with Crippen molar-refractivity contribution in [2.75, 3.05) is 13.7 Å². The summed E-state index contributed by atoms with van der Waals surface area (Å²) in [6.07, 6.45) is 0.318. The number of benzene rings is 1. The molecule has 1 aromatic rings. The highest BCUT2D eigenvalue weighted by atomic mass is 32.2. The van der Waals surface area contributed by atoms with Gasteiger partial charge in [-0.05, 0) is 24.3 Å². The Morgan fingerprint density at radius 1 is 1.35 bits per heavy atom. The van der Waals surface area contributed by atoms with E-state index >= 15 is 0 Å². The maximum absolute atomic E-state index is 11.8. The first-order valence-electron chi connectivity index (χ1n) is 6.22. The Balaban J connectivity index is 2.70. The zero-order valence-corrected chi connectivity index (χ0v) is 13.4. The van der Waals surface area contributed by atoms with E-state index in [1.165, 1.54) is 18.9 Å². The zero-order valence-electron chi connectivity index (χ0n) is 11.8. The molecule has 1 atom stereocenters. The highest BCUT2D eigenvalue weighted by Gasteiger charge is 2.14. The molecular formula is C13H19NO4S2. The molecule has 0 aromatic heterocycles. The van der Waals surface area contributed by atoms with Crippen LogP contribution in [0.2, 0.25) is 0 Å². The predicted octanol–water partition coefficient (Wildman–Crippen LogP) is 2.03. The molecule has 1 aromatic carbocycles. The SMILES string of the molecule is CCNS(=O)(=O)c1ccc(SC(C)CC(=O)OC)cc1. The Bertz CT molecular complexity index is 540. The van der Waals surface area contributed by atoms with Crippen molar-refractivity contribution in [3.63, 3.8) is 0 Å². The highest BCUT2D eigenvalue weighted by Crippen LogP contribution is 2.26. The second-order valence-corrected chi connectivity index (χ2v) is 7.46. The molecule has 1 unspecified atom stereocenters. The molecule has 1 rings (SSSR count). The quantitative estimate of drug-likeness (QED) is 0.615. The minimum atomic E-state index is -3.41. The molecule has 20 heavy (non-hydrogen) atoms. The van der Waals surface area contributed by atoms with Gasteiger partial charge in [0, 0.05) is 16.7 Å². The largest absolute Gasteiger partial charge is 0.469 e. The highest BCUT2D eigenvalue weighted by molar-refractivity contribution is 8.00. The molecule has 0 amide bonds. The van der Waals surface area contributed by atoms with E-state index < -0.39 is 10.0 Å². The first kappa shape index (κ1) is 17.0. The lowest BCUT2D eigenvalue weighted by atomic mass is 10.3. The van der Waals surface area contributed by atoms with Crippen LogP contribution in [-0.4, -0.2) is 33.3 Å². The van der Waals surface area contributed by atoms with E-state index in [1.54, 1.807) is 31.2 Å². The number of hydrogen-bond donors (Lipinski definition) is 1. The van der Waals surface area contributed by atoms with E-state index in [4.69, 9.17) is 0 Å². The molecule has 0 saturated heterocycles. The minimum Gasteiger partial charge on any atom is -0.469 e. The Morgan fingerprint density at radius 2 is 1.95 bits per heavy atom. The smallest absolute Gasteiger partial charge is 0.306 e. The van der Waals surface area contributed by atoms with Gasteiger partial charge in [-0.15, -0.1) is 11.8 Å². The van der Waals surface area contributed by atoms with Crippen molar-refractivity contribution >= 4 is 27.8 Å². The Hall–Kier alpha value is -1.05. The second kappa shape index (κ2) is 7.66. The van der Waals surface area contributed by atoms with Crippen LogP contribution in [0.25, 0.3) is 0 Å². The molecule has 0 radical (unpaired) electrons. The van der Waals surface area contributed by atoms with E-state index in [-0.39, 0.29) is 16.1 Å². The van der Waals surface area contributed by atoms with Crippen LogP contribution >= 0.6 is 11.8 Å². The monoisotopic (exact) mass is 317 g/mol. The van der Waals surface area contributed by atoms with Gasteiger partial charge < -0.3 is 4.74 Å². The zero-order chi connectivity index (χ0) is 15.2. The number of carbonyl (C=O) groups is 1. The number of carbonyl (C=O) groups excluding carboxylic acids is 1. The molecule has 0 bridgehead atoms. The van der Waals surface area contributed by atoms with Crippen LogP contribution in [0.4, 0.5) is 0 Å². The van der Waals surface area contributed by atoms with E-state index in [0.717, 1.165) is 4.90 Å². The number of esters is 1. The van der Waals surface area contributed by atoms with Crippen molar-refractivity contribution in [3.05, 3.63) is 24.3 Å². The second-order valence-electron chi connectivity index (χ2n) is 4.18. The van der Waals surface area contributed by atoms with Gasteiger partial charge in [-0.25, -0.2) is 13.1 Å². The number of ether oxygens (including phenoxy) is 1. The average Bonchev–Trinajstić information content (AvgIpc) is 2.39. The lowest BCUT2D eigenvalue weighted by Crippen LogP contribution is -2.22. The van der Waals surface area contributed by atoms with E-state index in [2.05, 4.69) is 9.46 Å². The summed E-state index contributed by atoms with van der Waals surface area (Å²) in [7, 11) is -2.05. The molecule has 0 fully saturated rings. The fourth-order valence-corrected chi connectivity index (χ4v) is 3.58. The average molecular weight is 317 g/mol. The summed E-state index contributed by atoms with van der Waals surface area (Å²) >= 11 is 1.50. The fraction of sp³-hybridized carbons (Fsp3) is 0.462. The Labute approximate surface area is 124 Å².